The zero-order valence-corrected chi connectivity index (χ0v) is 23.8. The minimum absolute atomic E-state index is 0.0354. The van der Waals surface area contributed by atoms with Gasteiger partial charge in [-0.15, -0.1) is 0 Å². The van der Waals surface area contributed by atoms with Gasteiger partial charge in [-0.05, 0) is 71.9 Å². The van der Waals surface area contributed by atoms with E-state index in [0.717, 1.165) is 31.2 Å². The van der Waals surface area contributed by atoms with Crippen LogP contribution in [0.15, 0.2) is 157 Å². The summed E-state index contributed by atoms with van der Waals surface area (Å²) in [5.41, 5.74) is -0.0601. The third kappa shape index (κ3) is 12.5. The summed E-state index contributed by atoms with van der Waals surface area (Å²) >= 11 is 0. The lowest BCUT2D eigenvalue weighted by atomic mass is 10.0. The number of halogens is 5. The highest BCUT2D eigenvalue weighted by Gasteiger charge is 2.42. The maximum absolute atomic E-state index is 14.8. The fourth-order valence-electron chi connectivity index (χ4n) is 2.60. The molecule has 2 unspecified atom stereocenters. The molecule has 0 N–H and O–H groups in total. The number of nitrogens with zero attached hydrogens (tertiary/aromatic N) is 1. The Morgan fingerprint density at radius 1 is 0.780 bits per heavy atom. The van der Waals surface area contributed by atoms with Crippen LogP contribution in [0.3, 0.4) is 0 Å². The van der Waals surface area contributed by atoms with Crippen molar-refractivity contribution in [2.45, 2.75) is 33.3 Å². The van der Waals surface area contributed by atoms with Gasteiger partial charge in [0.1, 0.15) is 29.2 Å². The second-order valence-electron chi connectivity index (χ2n) is 9.14. The summed E-state index contributed by atoms with van der Waals surface area (Å²) in [6.45, 7) is 33.1. The van der Waals surface area contributed by atoms with E-state index in [1.54, 1.807) is 19.9 Å². The molecule has 0 amide bonds. The van der Waals surface area contributed by atoms with Crippen LogP contribution in [0.5, 0.6) is 0 Å². The zero-order valence-electron chi connectivity index (χ0n) is 23.8. The van der Waals surface area contributed by atoms with Gasteiger partial charge in [0.15, 0.2) is 0 Å². The van der Waals surface area contributed by atoms with Crippen molar-refractivity contribution in [3.05, 3.63) is 157 Å². The van der Waals surface area contributed by atoms with Gasteiger partial charge in [-0.1, -0.05) is 78.6 Å². The van der Waals surface area contributed by atoms with Gasteiger partial charge < -0.3 is 4.74 Å². The van der Waals surface area contributed by atoms with Gasteiger partial charge in [0.2, 0.25) is 0 Å². The van der Waals surface area contributed by atoms with Crippen molar-refractivity contribution < 1.29 is 26.7 Å². The first kappa shape index (κ1) is 36.6. The van der Waals surface area contributed by atoms with Crippen LogP contribution in [0.4, 0.5) is 22.0 Å². The van der Waals surface area contributed by atoms with Gasteiger partial charge in [0, 0.05) is 16.7 Å². The quantitative estimate of drug-likeness (QED) is 0.0755. The minimum atomic E-state index is -3.88. The molecular formula is C34H36F5NO. The van der Waals surface area contributed by atoms with Crippen LogP contribution in [0.1, 0.15) is 27.2 Å². The average molecular weight is 570 g/mol. The lowest BCUT2D eigenvalue weighted by Crippen LogP contribution is -2.29. The van der Waals surface area contributed by atoms with Crippen LogP contribution in [0.2, 0.25) is 0 Å². The Labute approximate surface area is 240 Å². The summed E-state index contributed by atoms with van der Waals surface area (Å²) in [4.78, 5) is 0. The van der Waals surface area contributed by atoms with Crippen molar-refractivity contribution in [1.82, 2.24) is 0 Å². The lowest BCUT2D eigenvalue weighted by molar-refractivity contribution is -0.238. The fraction of sp³-hybridized carbons (Fsp3) is 0.206. The smallest absolute Gasteiger partial charge is 0.406 e. The van der Waals surface area contributed by atoms with Gasteiger partial charge in [0.05, 0.1) is 6.07 Å². The number of ether oxygens (including phenoxy) is 1. The SMILES string of the molecule is C=C(C#N)/C=C\C(=C)C(=C)/C(F)=C\C(=C)C(=C)/C(F)=C\C(=C)C(=C)/C=C\C(=C)OC(F)(F)C(C)/C(F)=C\C(C)CC. The molecule has 0 aromatic heterocycles. The third-order valence-corrected chi connectivity index (χ3v) is 5.74. The molecular weight excluding hydrogens is 533 g/mol. The predicted octanol–water partition coefficient (Wildman–Crippen LogP) is 10.9. The van der Waals surface area contributed by atoms with Crippen molar-refractivity contribution in [3.8, 4) is 6.07 Å². The van der Waals surface area contributed by atoms with Gasteiger partial charge in [-0.3, -0.25) is 0 Å². The molecule has 0 fully saturated rings. The first-order valence-electron chi connectivity index (χ1n) is 12.4. The monoisotopic (exact) mass is 569 g/mol. The van der Waals surface area contributed by atoms with Gasteiger partial charge in [-0.25, -0.2) is 13.2 Å². The van der Waals surface area contributed by atoms with E-state index in [9.17, 15) is 22.0 Å². The lowest BCUT2D eigenvalue weighted by Gasteiger charge is -2.23. The number of hydrogen-bond donors (Lipinski definition) is 0. The molecule has 0 saturated heterocycles. The molecule has 0 aliphatic rings. The van der Waals surface area contributed by atoms with Crippen LogP contribution in [0.25, 0.3) is 0 Å². The summed E-state index contributed by atoms with van der Waals surface area (Å²) in [7, 11) is 0. The number of nitriles is 1. The van der Waals surface area contributed by atoms with E-state index in [2.05, 4.69) is 57.4 Å². The number of rotatable bonds is 17. The first-order valence-corrected chi connectivity index (χ1v) is 12.4. The highest BCUT2D eigenvalue weighted by Crippen LogP contribution is 2.35. The summed E-state index contributed by atoms with van der Waals surface area (Å²) in [6.07, 6.45) is 4.66. The summed E-state index contributed by atoms with van der Waals surface area (Å²) < 4.78 is 76.9. The topological polar surface area (TPSA) is 33.0 Å². The number of allylic oxidation sites excluding steroid dienone is 16. The Kier molecular flexibility index (Phi) is 14.8. The summed E-state index contributed by atoms with van der Waals surface area (Å²) in [6, 6.07) is 1.80. The van der Waals surface area contributed by atoms with E-state index < -0.39 is 35.3 Å². The molecule has 41 heavy (non-hydrogen) atoms. The van der Waals surface area contributed by atoms with Crippen LogP contribution in [0, 0.1) is 23.2 Å². The van der Waals surface area contributed by atoms with Crippen LogP contribution in [-0.2, 0) is 4.74 Å². The maximum atomic E-state index is 14.8. The van der Waals surface area contributed by atoms with E-state index in [-0.39, 0.29) is 44.9 Å². The summed E-state index contributed by atoms with van der Waals surface area (Å²) in [5.74, 6) is -5.30. The molecule has 0 aliphatic heterocycles. The molecule has 0 aromatic rings. The van der Waals surface area contributed by atoms with E-state index in [1.165, 1.54) is 18.2 Å². The summed E-state index contributed by atoms with van der Waals surface area (Å²) in [5, 5.41) is 8.72. The van der Waals surface area contributed by atoms with Crippen molar-refractivity contribution in [3.63, 3.8) is 0 Å². The zero-order chi connectivity index (χ0) is 32.1. The van der Waals surface area contributed by atoms with E-state index >= 15 is 0 Å². The Morgan fingerprint density at radius 3 is 1.78 bits per heavy atom. The second-order valence-corrected chi connectivity index (χ2v) is 9.14. The maximum Gasteiger partial charge on any atom is 0.406 e. The molecule has 0 aliphatic carbocycles. The molecule has 2 atom stereocenters. The average Bonchev–Trinajstić information content (AvgIpc) is 2.91. The Balaban J connectivity index is 5.38. The predicted molar refractivity (Wildman–Crippen MR) is 159 cm³/mol. The van der Waals surface area contributed by atoms with Crippen molar-refractivity contribution >= 4 is 0 Å². The van der Waals surface area contributed by atoms with Gasteiger partial charge in [-0.2, -0.15) is 14.0 Å². The van der Waals surface area contributed by atoms with Crippen molar-refractivity contribution in [2.24, 2.45) is 11.8 Å². The van der Waals surface area contributed by atoms with Crippen LogP contribution in [-0.4, -0.2) is 6.11 Å². The molecule has 0 aromatic carbocycles. The van der Waals surface area contributed by atoms with E-state index in [0.29, 0.717) is 6.42 Å². The molecule has 7 heteroatoms. The van der Waals surface area contributed by atoms with Crippen molar-refractivity contribution in [2.75, 3.05) is 0 Å². The Hall–Kier alpha value is -4.44. The minimum Gasteiger partial charge on any atom is -0.433 e. The first-order chi connectivity index (χ1) is 18.9. The number of hydrogen-bond acceptors (Lipinski definition) is 2. The molecule has 0 radical (unpaired) electrons. The largest absolute Gasteiger partial charge is 0.433 e. The standard InChI is InChI=1S/C34H36F5NO/c1-12-21(2)17-33(37)30(11)34(38,39)41-27(8)16-15-23(4)25(6)18-31(35)29(10)26(7)19-32(36)28(9)24(5)14-13-22(3)20-40/h13-19,21,30H,3-10,12H2,1-2,11H3/b14-13-,16-15-,31-18+,32-19+,33-17+. The van der Waals surface area contributed by atoms with Crippen LogP contribution >= 0.6 is 0 Å². The number of alkyl halides is 2. The van der Waals surface area contributed by atoms with E-state index in [4.69, 9.17) is 5.26 Å². The van der Waals surface area contributed by atoms with Crippen LogP contribution < -0.4 is 0 Å². The highest BCUT2D eigenvalue weighted by molar-refractivity contribution is 5.55. The molecule has 0 saturated carbocycles. The molecule has 0 rings (SSSR count). The third-order valence-electron chi connectivity index (χ3n) is 5.74. The van der Waals surface area contributed by atoms with Crippen molar-refractivity contribution in [1.29, 1.82) is 5.26 Å². The molecule has 0 bridgehead atoms. The molecule has 2 nitrogen and oxygen atoms in total. The molecule has 0 heterocycles. The Morgan fingerprint density at radius 2 is 1.27 bits per heavy atom. The normalized spacial score (nSPS) is 14.3. The molecule has 218 valence electrons. The Bertz CT molecular complexity index is 1320. The molecule has 0 spiro atoms. The van der Waals surface area contributed by atoms with E-state index in [1.807, 2.05) is 0 Å². The fourth-order valence-corrected chi connectivity index (χ4v) is 2.60. The second kappa shape index (κ2) is 16.6. The van der Waals surface area contributed by atoms with Gasteiger partial charge in [0.25, 0.3) is 0 Å². The van der Waals surface area contributed by atoms with Gasteiger partial charge >= 0.3 is 6.11 Å². The highest BCUT2D eigenvalue weighted by atomic mass is 19.3.